The van der Waals surface area contributed by atoms with Crippen LogP contribution in [0.25, 0.3) is 0 Å². The molecule has 1 aliphatic rings. The first-order chi connectivity index (χ1) is 11.7. The molecule has 4 heteroatoms. The van der Waals surface area contributed by atoms with E-state index in [0.717, 1.165) is 37.9 Å². The Hall–Kier alpha value is -2.13. The Morgan fingerprint density at radius 3 is 2.21 bits per heavy atom. The van der Waals surface area contributed by atoms with Crippen molar-refractivity contribution < 1.29 is 9.59 Å². The molecule has 124 valence electrons. The first-order valence-corrected chi connectivity index (χ1v) is 8.69. The Bertz CT molecular complexity index is 751. The fraction of sp³-hybridized carbons (Fsp3) is 0.300. The largest absolute Gasteiger partial charge is 0.339 e. The Labute approximate surface area is 147 Å². The van der Waals surface area contributed by atoms with E-state index in [2.05, 4.69) is 0 Å². The third-order valence-corrected chi connectivity index (χ3v) is 4.78. The van der Waals surface area contributed by atoms with E-state index in [0.29, 0.717) is 16.1 Å². The van der Waals surface area contributed by atoms with Gasteiger partial charge in [0, 0.05) is 30.1 Å². The van der Waals surface area contributed by atoms with Gasteiger partial charge >= 0.3 is 0 Å². The highest BCUT2D eigenvalue weighted by molar-refractivity contribution is 6.31. The molecule has 24 heavy (non-hydrogen) atoms. The molecule has 1 saturated heterocycles. The number of hydrogen-bond donors (Lipinski definition) is 0. The highest BCUT2D eigenvalue weighted by Gasteiger charge is 2.23. The van der Waals surface area contributed by atoms with Gasteiger partial charge in [-0.1, -0.05) is 48.0 Å². The standard InChI is InChI=1S/C20H20ClNO2/c21-18-11-5-2-8-15(18)14-19(23)16-9-3-4-10-17(16)20(24)22-12-6-1-7-13-22/h2-5,8-11H,1,6-7,12-14H2. The molecule has 0 atom stereocenters. The first kappa shape index (κ1) is 16.7. The van der Waals surface area contributed by atoms with E-state index < -0.39 is 0 Å². The van der Waals surface area contributed by atoms with Gasteiger partial charge in [-0.3, -0.25) is 9.59 Å². The minimum atomic E-state index is -0.0796. The van der Waals surface area contributed by atoms with E-state index >= 15 is 0 Å². The molecular weight excluding hydrogens is 322 g/mol. The predicted molar refractivity (Wildman–Crippen MR) is 95.7 cm³/mol. The quantitative estimate of drug-likeness (QED) is 0.773. The molecule has 2 aromatic rings. The number of benzene rings is 2. The number of amides is 1. The Morgan fingerprint density at radius 2 is 1.50 bits per heavy atom. The first-order valence-electron chi connectivity index (χ1n) is 8.32. The van der Waals surface area contributed by atoms with Gasteiger partial charge in [0.05, 0.1) is 5.56 Å². The lowest BCUT2D eigenvalue weighted by molar-refractivity contribution is 0.0719. The fourth-order valence-electron chi connectivity index (χ4n) is 3.09. The molecule has 0 bridgehead atoms. The molecule has 1 amide bonds. The molecule has 0 unspecified atom stereocenters. The van der Waals surface area contributed by atoms with Crippen LogP contribution in [0.4, 0.5) is 0 Å². The highest BCUT2D eigenvalue weighted by Crippen LogP contribution is 2.21. The fourth-order valence-corrected chi connectivity index (χ4v) is 3.29. The normalized spacial score (nSPS) is 14.5. The van der Waals surface area contributed by atoms with Crippen molar-refractivity contribution >= 4 is 23.3 Å². The molecule has 0 radical (unpaired) electrons. The van der Waals surface area contributed by atoms with Crippen LogP contribution < -0.4 is 0 Å². The van der Waals surface area contributed by atoms with Gasteiger partial charge in [0.2, 0.25) is 0 Å². The molecule has 0 saturated carbocycles. The van der Waals surface area contributed by atoms with Crippen LogP contribution in [0.2, 0.25) is 5.02 Å². The summed E-state index contributed by atoms with van der Waals surface area (Å²) >= 11 is 6.15. The van der Waals surface area contributed by atoms with E-state index in [1.54, 1.807) is 24.3 Å². The van der Waals surface area contributed by atoms with Crippen LogP contribution in [0, 0.1) is 0 Å². The molecule has 0 aliphatic carbocycles. The minimum absolute atomic E-state index is 0.0437. The molecule has 0 aromatic heterocycles. The number of ketones is 1. The lowest BCUT2D eigenvalue weighted by Crippen LogP contribution is -2.36. The van der Waals surface area contributed by atoms with Gasteiger partial charge in [0.1, 0.15) is 0 Å². The summed E-state index contributed by atoms with van der Waals surface area (Å²) in [5, 5.41) is 0.575. The monoisotopic (exact) mass is 341 g/mol. The maximum absolute atomic E-state index is 12.8. The third-order valence-electron chi connectivity index (χ3n) is 4.41. The molecular formula is C20H20ClNO2. The molecule has 1 aliphatic heterocycles. The van der Waals surface area contributed by atoms with Crippen molar-refractivity contribution in [3.8, 4) is 0 Å². The number of Topliss-reactive ketones (excluding diaryl/α,β-unsaturated/α-hetero) is 1. The van der Waals surface area contributed by atoms with Crippen LogP contribution in [-0.4, -0.2) is 29.7 Å². The van der Waals surface area contributed by atoms with Crippen LogP contribution in [0.5, 0.6) is 0 Å². The third kappa shape index (κ3) is 3.68. The molecule has 3 rings (SSSR count). The van der Waals surface area contributed by atoms with E-state index in [9.17, 15) is 9.59 Å². The predicted octanol–water partition coefficient (Wildman–Crippen LogP) is 4.39. The number of carbonyl (C=O) groups excluding carboxylic acids is 2. The minimum Gasteiger partial charge on any atom is -0.339 e. The van der Waals surface area contributed by atoms with Gasteiger partial charge in [-0.25, -0.2) is 0 Å². The van der Waals surface area contributed by atoms with E-state index in [1.165, 1.54) is 0 Å². The molecule has 2 aromatic carbocycles. The van der Waals surface area contributed by atoms with Crippen LogP contribution in [0.15, 0.2) is 48.5 Å². The average molecular weight is 342 g/mol. The zero-order valence-electron chi connectivity index (χ0n) is 13.5. The summed E-state index contributed by atoms with van der Waals surface area (Å²) in [6.07, 6.45) is 3.42. The number of carbonyl (C=O) groups is 2. The summed E-state index contributed by atoms with van der Waals surface area (Å²) in [5.41, 5.74) is 1.76. The van der Waals surface area contributed by atoms with Crippen LogP contribution in [0.3, 0.4) is 0 Å². The molecule has 1 heterocycles. The number of rotatable bonds is 4. The summed E-state index contributed by atoms with van der Waals surface area (Å²) in [7, 11) is 0. The van der Waals surface area contributed by atoms with Crippen molar-refractivity contribution in [2.75, 3.05) is 13.1 Å². The molecule has 3 nitrogen and oxygen atoms in total. The second-order valence-electron chi connectivity index (χ2n) is 6.09. The summed E-state index contributed by atoms with van der Waals surface area (Å²) in [6.45, 7) is 1.54. The summed E-state index contributed by atoms with van der Waals surface area (Å²) < 4.78 is 0. The number of halogens is 1. The Kier molecular flexibility index (Phi) is 5.31. The van der Waals surface area contributed by atoms with Crippen molar-refractivity contribution in [1.29, 1.82) is 0 Å². The highest BCUT2D eigenvalue weighted by atomic mass is 35.5. The van der Waals surface area contributed by atoms with Crippen molar-refractivity contribution in [2.45, 2.75) is 25.7 Å². The molecule has 0 spiro atoms. The lowest BCUT2D eigenvalue weighted by Gasteiger charge is -2.27. The Balaban J connectivity index is 1.84. The second kappa shape index (κ2) is 7.63. The van der Waals surface area contributed by atoms with Crippen molar-refractivity contribution in [2.24, 2.45) is 0 Å². The van der Waals surface area contributed by atoms with Gasteiger partial charge in [0.15, 0.2) is 5.78 Å². The number of likely N-dealkylation sites (tertiary alicyclic amines) is 1. The topological polar surface area (TPSA) is 37.4 Å². The number of nitrogens with zero attached hydrogens (tertiary/aromatic N) is 1. The maximum atomic E-state index is 12.8. The Morgan fingerprint density at radius 1 is 0.875 bits per heavy atom. The van der Waals surface area contributed by atoms with Crippen LogP contribution >= 0.6 is 11.6 Å². The average Bonchev–Trinajstić information content (AvgIpc) is 2.63. The van der Waals surface area contributed by atoms with Crippen molar-refractivity contribution in [3.05, 3.63) is 70.2 Å². The van der Waals surface area contributed by atoms with Crippen LogP contribution in [-0.2, 0) is 6.42 Å². The summed E-state index contributed by atoms with van der Waals surface area (Å²) in [6, 6.07) is 14.4. The van der Waals surface area contributed by atoms with Gasteiger partial charge < -0.3 is 4.90 Å². The van der Waals surface area contributed by atoms with E-state index in [1.807, 2.05) is 29.2 Å². The van der Waals surface area contributed by atoms with E-state index in [-0.39, 0.29) is 18.1 Å². The second-order valence-corrected chi connectivity index (χ2v) is 6.50. The number of hydrogen-bond acceptors (Lipinski definition) is 2. The zero-order valence-corrected chi connectivity index (χ0v) is 14.3. The molecule has 1 fully saturated rings. The van der Waals surface area contributed by atoms with Gasteiger partial charge in [0.25, 0.3) is 5.91 Å². The zero-order chi connectivity index (χ0) is 16.9. The lowest BCUT2D eigenvalue weighted by atomic mass is 9.97. The number of piperidine rings is 1. The van der Waals surface area contributed by atoms with Gasteiger partial charge in [-0.15, -0.1) is 0 Å². The SMILES string of the molecule is O=C(Cc1ccccc1Cl)c1ccccc1C(=O)N1CCCCC1. The van der Waals surface area contributed by atoms with E-state index in [4.69, 9.17) is 11.6 Å². The van der Waals surface area contributed by atoms with Crippen molar-refractivity contribution in [3.63, 3.8) is 0 Å². The molecule has 0 N–H and O–H groups in total. The summed E-state index contributed by atoms with van der Waals surface area (Å²) in [5.74, 6) is -0.123. The smallest absolute Gasteiger partial charge is 0.254 e. The van der Waals surface area contributed by atoms with Crippen molar-refractivity contribution in [1.82, 2.24) is 4.90 Å². The van der Waals surface area contributed by atoms with Crippen LogP contribution in [0.1, 0.15) is 45.5 Å². The van der Waals surface area contributed by atoms with Gasteiger partial charge in [-0.05, 0) is 37.0 Å². The van der Waals surface area contributed by atoms with Gasteiger partial charge in [-0.2, -0.15) is 0 Å². The summed E-state index contributed by atoms with van der Waals surface area (Å²) in [4.78, 5) is 27.4. The maximum Gasteiger partial charge on any atom is 0.254 e.